The first-order valence-electron chi connectivity index (χ1n) is 20.0. The van der Waals surface area contributed by atoms with Crippen LogP contribution in [0.15, 0.2) is 12.2 Å². The molecule has 50 heavy (non-hydrogen) atoms. The molecule has 0 aromatic carbocycles. The molecule has 7 heteroatoms. The van der Waals surface area contributed by atoms with E-state index in [0.717, 1.165) is 32.2 Å². The average molecular weight is 698 g/mol. The maximum atomic E-state index is 13.2. The Morgan fingerprint density at radius 1 is 0.840 bits per heavy atom. The number of ether oxygens (including phenoxy) is 2. The van der Waals surface area contributed by atoms with E-state index in [0.29, 0.717) is 42.6 Å². The van der Waals surface area contributed by atoms with Crippen LogP contribution in [0.1, 0.15) is 145 Å². The summed E-state index contributed by atoms with van der Waals surface area (Å²) in [5, 5.41) is 9.33. The first-order chi connectivity index (χ1) is 23.1. The molecule has 5 aliphatic rings. The summed E-state index contributed by atoms with van der Waals surface area (Å²) in [5.41, 5.74) is 1.36. The lowest BCUT2D eigenvalue weighted by Crippen LogP contribution is -2.66. The minimum atomic E-state index is -0.882. The summed E-state index contributed by atoms with van der Waals surface area (Å²) < 4.78 is 11.9. The zero-order chi connectivity index (χ0) is 37.1. The maximum absolute atomic E-state index is 13.2. The van der Waals surface area contributed by atoms with Gasteiger partial charge in [-0.3, -0.25) is 14.4 Å². The zero-order valence-electron chi connectivity index (χ0n) is 33.4. The number of nitrogens with zero attached hydrogens (tertiary/aromatic N) is 1. The lowest BCUT2D eigenvalue weighted by atomic mass is 9.32. The third kappa shape index (κ3) is 6.84. The molecule has 7 nitrogen and oxygen atoms in total. The number of allylic oxidation sites excluding steroid dienone is 1. The highest BCUT2D eigenvalue weighted by Crippen LogP contribution is 2.78. The van der Waals surface area contributed by atoms with E-state index in [-0.39, 0.29) is 58.0 Å². The van der Waals surface area contributed by atoms with Gasteiger partial charge in [0.05, 0.1) is 12.8 Å². The molecular formula is C43H71NO6. The smallest absolute Gasteiger partial charge is 0.306 e. The van der Waals surface area contributed by atoms with Gasteiger partial charge in [-0.05, 0) is 148 Å². The number of rotatable bonds is 12. The Morgan fingerprint density at radius 3 is 2.18 bits per heavy atom. The van der Waals surface area contributed by atoms with Crippen LogP contribution in [0.5, 0.6) is 0 Å². The number of hydrogen-bond donors (Lipinski definition) is 1. The van der Waals surface area contributed by atoms with Crippen LogP contribution in [0.25, 0.3) is 0 Å². The van der Waals surface area contributed by atoms with Gasteiger partial charge < -0.3 is 19.5 Å². The lowest BCUT2D eigenvalue weighted by molar-refractivity contribution is -0.250. The monoisotopic (exact) mass is 698 g/mol. The second-order valence-electron chi connectivity index (χ2n) is 20.3. The second kappa shape index (κ2) is 13.8. The number of carbonyl (C=O) groups is 3. The third-order valence-electron chi connectivity index (χ3n) is 16.3. The fourth-order valence-corrected chi connectivity index (χ4v) is 13.7. The molecule has 1 N–H and O–H groups in total. The minimum absolute atomic E-state index is 0.0399. The van der Waals surface area contributed by atoms with E-state index in [9.17, 15) is 19.5 Å². The SMILES string of the molecule is C=C(C)[C@@H]1CC[C@]2(CCC(=O)OCCN(C)C)CC[C@]3(C)[C@H](CCC4[C@@]5(C)CCC(OC(=O)CC(C)(C)CC(=O)O)C(C)(C)C5CC[C@]43C)C12. The van der Waals surface area contributed by atoms with Gasteiger partial charge in [-0.1, -0.05) is 60.6 Å². The molecule has 0 aromatic heterocycles. The highest BCUT2D eigenvalue weighted by molar-refractivity contribution is 5.73. The van der Waals surface area contributed by atoms with Crippen LogP contribution in [-0.4, -0.2) is 61.3 Å². The van der Waals surface area contributed by atoms with Crippen LogP contribution < -0.4 is 0 Å². The van der Waals surface area contributed by atoms with Gasteiger partial charge in [0, 0.05) is 18.4 Å². The molecule has 284 valence electrons. The Morgan fingerprint density at radius 2 is 1.54 bits per heavy atom. The highest BCUT2D eigenvalue weighted by Gasteiger charge is 2.71. The summed E-state index contributed by atoms with van der Waals surface area (Å²) in [6, 6.07) is 0. The molecule has 5 fully saturated rings. The number of carbonyl (C=O) groups excluding carboxylic acids is 2. The van der Waals surface area contributed by atoms with Crippen LogP contribution >= 0.6 is 0 Å². The summed E-state index contributed by atoms with van der Waals surface area (Å²) in [7, 11) is 4.01. The number of hydrogen-bond acceptors (Lipinski definition) is 6. The molecule has 4 unspecified atom stereocenters. The van der Waals surface area contributed by atoms with Gasteiger partial charge in [-0.25, -0.2) is 0 Å². The molecule has 0 heterocycles. The Hall–Kier alpha value is -1.89. The largest absolute Gasteiger partial charge is 0.481 e. The summed E-state index contributed by atoms with van der Waals surface area (Å²) in [6.07, 6.45) is 13.0. The van der Waals surface area contributed by atoms with E-state index in [4.69, 9.17) is 9.47 Å². The predicted octanol–water partition coefficient (Wildman–Crippen LogP) is 9.33. The number of esters is 2. The molecular weight excluding hydrogens is 626 g/mol. The Kier molecular flexibility index (Phi) is 10.9. The molecule has 0 spiro atoms. The molecule has 5 saturated carbocycles. The number of likely N-dealkylation sites (N-methyl/N-ethyl adjacent to an activating group) is 1. The average Bonchev–Trinajstić information content (AvgIpc) is 3.37. The van der Waals surface area contributed by atoms with Crippen molar-refractivity contribution in [2.45, 2.75) is 151 Å². The van der Waals surface area contributed by atoms with Gasteiger partial charge in [0.15, 0.2) is 0 Å². The summed E-state index contributed by atoms with van der Waals surface area (Å²) in [4.78, 5) is 39.6. The van der Waals surface area contributed by atoms with Crippen molar-refractivity contribution < 1.29 is 29.0 Å². The van der Waals surface area contributed by atoms with E-state index in [1.165, 1.54) is 50.5 Å². The quantitative estimate of drug-likeness (QED) is 0.161. The second-order valence-corrected chi connectivity index (χ2v) is 20.3. The van der Waals surface area contributed by atoms with Crippen molar-refractivity contribution in [3.63, 3.8) is 0 Å². The standard InChI is InChI=1S/C43H71NO6/c1-28(2)29-14-20-43(21-17-35(47)49-25-24-44(10)11)23-22-41(8)30(37(29)43)12-13-32-40(7)18-16-33(39(5,6)31(40)15-19-42(32,41)9)50-36(48)27-38(3,4)26-34(45)46/h29-33,37H,1,12-27H2,2-11H3,(H,45,46)/t29-,30+,31?,32?,33?,37?,40-,41+,42+,43-/m0/s1. The summed E-state index contributed by atoms with van der Waals surface area (Å²) in [5.74, 6) is 1.63. The highest BCUT2D eigenvalue weighted by atomic mass is 16.5. The van der Waals surface area contributed by atoms with Crippen molar-refractivity contribution in [1.29, 1.82) is 0 Å². The summed E-state index contributed by atoms with van der Waals surface area (Å²) >= 11 is 0. The van der Waals surface area contributed by atoms with Gasteiger partial charge in [0.25, 0.3) is 0 Å². The van der Waals surface area contributed by atoms with Crippen molar-refractivity contribution >= 4 is 17.9 Å². The van der Waals surface area contributed by atoms with Crippen LogP contribution in [0, 0.1) is 62.1 Å². The Labute approximate surface area is 304 Å². The van der Waals surface area contributed by atoms with Gasteiger partial charge in [0.2, 0.25) is 0 Å². The molecule has 0 bridgehead atoms. The molecule has 10 atom stereocenters. The summed E-state index contributed by atoms with van der Waals surface area (Å²) in [6.45, 7) is 24.3. The number of carboxylic acid groups (broad SMARTS) is 1. The van der Waals surface area contributed by atoms with Crippen molar-refractivity contribution in [2.24, 2.45) is 62.1 Å². The van der Waals surface area contributed by atoms with Gasteiger partial charge >= 0.3 is 17.9 Å². The fraction of sp³-hybridized carbons (Fsp3) is 0.884. The van der Waals surface area contributed by atoms with Crippen LogP contribution in [0.4, 0.5) is 0 Å². The van der Waals surface area contributed by atoms with Crippen molar-refractivity contribution in [1.82, 2.24) is 4.90 Å². The molecule has 5 aliphatic carbocycles. The van der Waals surface area contributed by atoms with Crippen molar-refractivity contribution in [3.05, 3.63) is 12.2 Å². The first kappa shape index (κ1) is 39.3. The topological polar surface area (TPSA) is 93.1 Å². The van der Waals surface area contributed by atoms with Gasteiger partial charge in [0.1, 0.15) is 12.7 Å². The van der Waals surface area contributed by atoms with Crippen LogP contribution in [0.2, 0.25) is 0 Å². The number of aliphatic carboxylic acids is 1. The molecule has 0 amide bonds. The van der Waals surface area contributed by atoms with E-state index in [2.05, 4.69) is 53.0 Å². The molecule has 5 rings (SSSR count). The predicted molar refractivity (Wildman–Crippen MR) is 198 cm³/mol. The van der Waals surface area contributed by atoms with Gasteiger partial charge in [-0.2, -0.15) is 0 Å². The first-order valence-corrected chi connectivity index (χ1v) is 20.0. The van der Waals surface area contributed by atoms with Gasteiger partial charge in [-0.15, -0.1) is 0 Å². The van der Waals surface area contributed by atoms with Crippen LogP contribution in [0.3, 0.4) is 0 Å². The maximum Gasteiger partial charge on any atom is 0.306 e. The van der Waals surface area contributed by atoms with Crippen LogP contribution in [-0.2, 0) is 23.9 Å². The van der Waals surface area contributed by atoms with E-state index >= 15 is 0 Å². The fourth-order valence-electron chi connectivity index (χ4n) is 13.7. The van der Waals surface area contributed by atoms with E-state index < -0.39 is 11.4 Å². The number of fused-ring (bicyclic) bond motifs is 7. The lowest BCUT2D eigenvalue weighted by Gasteiger charge is -2.73. The zero-order valence-corrected chi connectivity index (χ0v) is 33.4. The molecule has 0 aromatic rings. The third-order valence-corrected chi connectivity index (χ3v) is 16.3. The van der Waals surface area contributed by atoms with E-state index in [1.54, 1.807) is 0 Å². The Balaban J connectivity index is 1.35. The molecule has 0 radical (unpaired) electrons. The minimum Gasteiger partial charge on any atom is -0.481 e. The molecule has 0 aliphatic heterocycles. The number of carboxylic acids is 1. The normalized spacial score (nSPS) is 40.5. The van der Waals surface area contributed by atoms with Crippen molar-refractivity contribution in [2.75, 3.05) is 27.2 Å². The van der Waals surface area contributed by atoms with Crippen molar-refractivity contribution in [3.8, 4) is 0 Å². The van der Waals surface area contributed by atoms with E-state index in [1.807, 2.05) is 27.9 Å². The molecule has 0 saturated heterocycles. The Bertz CT molecular complexity index is 1320.